The van der Waals surface area contributed by atoms with Crippen LogP contribution in [0.4, 0.5) is 0 Å². The molecule has 0 saturated heterocycles. The lowest BCUT2D eigenvalue weighted by Crippen LogP contribution is -2.29. The molecule has 1 aliphatic heterocycles. The Kier molecular flexibility index (Phi) is 3.90. The molecular formula is C11H21N5. The zero-order valence-electron chi connectivity index (χ0n) is 10.2. The number of hydrogen-bond donors (Lipinski definition) is 1. The lowest BCUT2D eigenvalue weighted by atomic mass is 10.2. The van der Waals surface area contributed by atoms with Crippen LogP contribution in [0.5, 0.6) is 0 Å². The molecule has 0 aliphatic carbocycles. The molecule has 2 heterocycles. The Labute approximate surface area is 96.8 Å². The Morgan fingerprint density at radius 1 is 1.38 bits per heavy atom. The van der Waals surface area contributed by atoms with Crippen molar-refractivity contribution in [3.63, 3.8) is 0 Å². The molecule has 2 rings (SSSR count). The number of nitrogens with one attached hydrogen (secondary N) is 1. The van der Waals surface area contributed by atoms with Gasteiger partial charge in [0.1, 0.15) is 0 Å². The average molecular weight is 223 g/mol. The lowest BCUT2D eigenvalue weighted by Gasteiger charge is -2.19. The highest BCUT2D eigenvalue weighted by Crippen LogP contribution is 2.10. The van der Waals surface area contributed by atoms with Crippen molar-refractivity contribution < 1.29 is 0 Å². The minimum absolute atomic E-state index is 0.876. The van der Waals surface area contributed by atoms with E-state index in [0.29, 0.717) is 0 Å². The first-order valence-corrected chi connectivity index (χ1v) is 6.19. The van der Waals surface area contributed by atoms with Gasteiger partial charge in [-0.15, -0.1) is 5.10 Å². The van der Waals surface area contributed by atoms with Gasteiger partial charge < -0.3 is 10.2 Å². The lowest BCUT2D eigenvalue weighted by molar-refractivity contribution is 0.282. The van der Waals surface area contributed by atoms with Crippen molar-refractivity contribution in [1.29, 1.82) is 0 Å². The van der Waals surface area contributed by atoms with Crippen molar-refractivity contribution in [2.75, 3.05) is 26.2 Å². The van der Waals surface area contributed by atoms with Gasteiger partial charge in [0.2, 0.25) is 0 Å². The quantitative estimate of drug-likeness (QED) is 0.778. The summed E-state index contributed by atoms with van der Waals surface area (Å²) in [6.45, 7) is 10.6. The zero-order valence-corrected chi connectivity index (χ0v) is 10.2. The zero-order chi connectivity index (χ0) is 11.4. The van der Waals surface area contributed by atoms with Gasteiger partial charge in [-0.25, -0.2) is 4.68 Å². The van der Waals surface area contributed by atoms with Gasteiger partial charge in [-0.3, -0.25) is 0 Å². The summed E-state index contributed by atoms with van der Waals surface area (Å²) in [5.74, 6) is 0. The van der Waals surface area contributed by atoms with E-state index < -0.39 is 0 Å². The van der Waals surface area contributed by atoms with Gasteiger partial charge in [0.05, 0.1) is 17.9 Å². The van der Waals surface area contributed by atoms with Gasteiger partial charge in [0.15, 0.2) is 0 Å². The van der Waals surface area contributed by atoms with Crippen LogP contribution in [0.25, 0.3) is 0 Å². The first-order chi connectivity index (χ1) is 7.85. The molecule has 16 heavy (non-hydrogen) atoms. The van der Waals surface area contributed by atoms with Crippen LogP contribution in [0.15, 0.2) is 0 Å². The minimum Gasteiger partial charge on any atom is -0.311 e. The molecule has 0 bridgehead atoms. The molecule has 1 aromatic heterocycles. The number of likely N-dealkylation sites (N-methyl/N-ethyl adjacent to an activating group) is 1. The van der Waals surface area contributed by atoms with Crippen LogP contribution >= 0.6 is 0 Å². The van der Waals surface area contributed by atoms with E-state index in [1.165, 1.54) is 5.69 Å². The van der Waals surface area contributed by atoms with E-state index in [4.69, 9.17) is 0 Å². The van der Waals surface area contributed by atoms with Gasteiger partial charge in [-0.05, 0) is 13.1 Å². The summed E-state index contributed by atoms with van der Waals surface area (Å²) in [5.41, 5.74) is 2.46. The summed E-state index contributed by atoms with van der Waals surface area (Å²) in [6.07, 6.45) is 1.06. The Balaban J connectivity index is 1.96. The van der Waals surface area contributed by atoms with Crippen molar-refractivity contribution >= 4 is 0 Å². The van der Waals surface area contributed by atoms with E-state index in [2.05, 4.69) is 39.1 Å². The molecule has 0 fully saturated rings. The predicted molar refractivity (Wildman–Crippen MR) is 63.2 cm³/mol. The first-order valence-electron chi connectivity index (χ1n) is 6.19. The van der Waals surface area contributed by atoms with E-state index >= 15 is 0 Å². The maximum Gasteiger partial charge on any atom is 0.0997 e. The molecule has 0 radical (unpaired) electrons. The SMILES string of the molecule is CCN(CC)CCn1nnc2c1CCNC2. The second-order valence-corrected chi connectivity index (χ2v) is 4.16. The number of nitrogens with zero attached hydrogens (tertiary/aromatic N) is 4. The topological polar surface area (TPSA) is 46.0 Å². The van der Waals surface area contributed by atoms with Crippen molar-refractivity contribution in [3.8, 4) is 0 Å². The number of fused-ring (bicyclic) bond motifs is 1. The largest absolute Gasteiger partial charge is 0.311 e. The summed E-state index contributed by atoms with van der Waals surface area (Å²) in [4.78, 5) is 2.41. The summed E-state index contributed by atoms with van der Waals surface area (Å²) in [6, 6.07) is 0. The normalized spacial score (nSPS) is 15.4. The fourth-order valence-electron chi connectivity index (χ4n) is 2.15. The molecule has 0 spiro atoms. The van der Waals surface area contributed by atoms with Crippen molar-refractivity contribution in [2.24, 2.45) is 0 Å². The smallest absolute Gasteiger partial charge is 0.0997 e. The monoisotopic (exact) mass is 223 g/mol. The number of aromatic nitrogens is 3. The molecule has 5 nitrogen and oxygen atoms in total. The molecule has 0 amide bonds. The van der Waals surface area contributed by atoms with Gasteiger partial charge in [0.25, 0.3) is 0 Å². The molecule has 0 unspecified atom stereocenters. The van der Waals surface area contributed by atoms with Crippen LogP contribution < -0.4 is 5.32 Å². The Morgan fingerprint density at radius 2 is 2.19 bits per heavy atom. The molecule has 0 saturated carbocycles. The average Bonchev–Trinajstić information content (AvgIpc) is 2.74. The van der Waals surface area contributed by atoms with Gasteiger partial charge in [-0.1, -0.05) is 19.1 Å². The highest BCUT2D eigenvalue weighted by Gasteiger charge is 2.16. The standard InChI is InChI=1S/C11H21N5/c1-3-15(4-2)7-8-16-11-5-6-12-9-10(11)13-14-16/h12H,3-9H2,1-2H3. The van der Waals surface area contributed by atoms with Crippen molar-refractivity contribution in [1.82, 2.24) is 25.2 Å². The van der Waals surface area contributed by atoms with Crippen LogP contribution in [0.2, 0.25) is 0 Å². The fourth-order valence-corrected chi connectivity index (χ4v) is 2.15. The molecule has 1 aliphatic rings. The molecule has 1 N–H and O–H groups in total. The molecule has 0 aromatic carbocycles. The number of rotatable bonds is 5. The number of hydrogen-bond acceptors (Lipinski definition) is 4. The van der Waals surface area contributed by atoms with Crippen LogP contribution in [-0.2, 0) is 19.5 Å². The third kappa shape index (κ3) is 2.41. The summed E-state index contributed by atoms with van der Waals surface area (Å²) in [7, 11) is 0. The third-order valence-electron chi connectivity index (χ3n) is 3.27. The maximum absolute atomic E-state index is 4.24. The van der Waals surface area contributed by atoms with Crippen LogP contribution in [0.1, 0.15) is 25.2 Å². The second kappa shape index (κ2) is 5.41. The van der Waals surface area contributed by atoms with Crippen LogP contribution in [0.3, 0.4) is 0 Å². The Bertz CT molecular complexity index is 329. The van der Waals surface area contributed by atoms with Gasteiger partial charge in [-0.2, -0.15) is 0 Å². The van der Waals surface area contributed by atoms with Gasteiger partial charge in [0, 0.05) is 26.1 Å². The van der Waals surface area contributed by atoms with Crippen molar-refractivity contribution in [3.05, 3.63) is 11.4 Å². The van der Waals surface area contributed by atoms with E-state index in [-0.39, 0.29) is 0 Å². The summed E-state index contributed by atoms with van der Waals surface area (Å²) in [5, 5.41) is 11.8. The van der Waals surface area contributed by atoms with Crippen LogP contribution in [-0.4, -0.2) is 46.1 Å². The third-order valence-corrected chi connectivity index (χ3v) is 3.27. The van der Waals surface area contributed by atoms with Crippen molar-refractivity contribution in [2.45, 2.75) is 33.4 Å². The highest BCUT2D eigenvalue weighted by molar-refractivity contribution is 5.13. The second-order valence-electron chi connectivity index (χ2n) is 4.16. The Hall–Kier alpha value is -0.940. The molecular weight excluding hydrogens is 202 g/mol. The van der Waals surface area contributed by atoms with E-state index in [1.807, 2.05) is 0 Å². The predicted octanol–water partition coefficient (Wildman–Crippen LogP) is 0.266. The first kappa shape index (κ1) is 11.5. The maximum atomic E-state index is 4.24. The highest BCUT2D eigenvalue weighted by atomic mass is 15.4. The van der Waals surface area contributed by atoms with E-state index in [1.54, 1.807) is 0 Å². The minimum atomic E-state index is 0.876. The van der Waals surface area contributed by atoms with E-state index in [0.717, 1.165) is 51.4 Å². The molecule has 0 atom stereocenters. The van der Waals surface area contributed by atoms with Gasteiger partial charge >= 0.3 is 0 Å². The molecule has 5 heteroatoms. The van der Waals surface area contributed by atoms with E-state index in [9.17, 15) is 0 Å². The summed E-state index contributed by atoms with van der Waals surface area (Å²) >= 11 is 0. The van der Waals surface area contributed by atoms with Crippen LogP contribution in [0, 0.1) is 0 Å². The Morgan fingerprint density at radius 3 is 2.94 bits per heavy atom. The molecule has 90 valence electrons. The summed E-state index contributed by atoms with van der Waals surface area (Å²) < 4.78 is 2.08. The fraction of sp³-hybridized carbons (Fsp3) is 0.818. The molecule has 1 aromatic rings.